The van der Waals surface area contributed by atoms with Gasteiger partial charge in [-0.1, -0.05) is 12.1 Å². The molecule has 1 aliphatic heterocycles. The number of rotatable bonds is 4. The number of methoxy groups -OCH3 is 1. The van der Waals surface area contributed by atoms with Crippen LogP contribution in [0.5, 0.6) is 17.2 Å². The lowest BCUT2D eigenvalue weighted by Crippen LogP contribution is -2.50. The molecule has 0 bridgehead atoms. The quantitative estimate of drug-likeness (QED) is 0.602. The van der Waals surface area contributed by atoms with Crippen molar-refractivity contribution in [3.05, 3.63) is 48.0 Å². The average molecular weight is 407 g/mol. The number of benzene rings is 2. The summed E-state index contributed by atoms with van der Waals surface area (Å²) in [5, 5.41) is 5.08. The van der Waals surface area contributed by atoms with Crippen LogP contribution in [0.2, 0.25) is 0 Å². The van der Waals surface area contributed by atoms with Crippen molar-refractivity contribution in [3.63, 3.8) is 0 Å². The number of nitrogens with two attached hydrogens (primary N) is 1. The van der Waals surface area contributed by atoms with Gasteiger partial charge in [0.2, 0.25) is 16.1 Å². The third kappa shape index (κ3) is 4.15. The molecule has 2 aromatic carbocycles. The van der Waals surface area contributed by atoms with Gasteiger partial charge in [0, 0.05) is 0 Å². The lowest BCUT2D eigenvalue weighted by Gasteiger charge is -2.25. The zero-order valence-corrected chi connectivity index (χ0v) is 15.5. The van der Waals surface area contributed by atoms with Crippen LogP contribution in [0.4, 0.5) is 0 Å². The first-order valence-electron chi connectivity index (χ1n) is 7.99. The first-order valence-corrected chi connectivity index (χ1v) is 9.54. The third-order valence-electron chi connectivity index (χ3n) is 3.84. The molecule has 1 heterocycles. The average Bonchev–Trinajstić information content (AvgIpc) is 2.70. The molecule has 0 aromatic heterocycles. The third-order valence-corrected chi connectivity index (χ3v) is 4.76. The predicted molar refractivity (Wildman–Crippen MR) is 96.3 cm³/mol. The van der Waals surface area contributed by atoms with Gasteiger partial charge in [0.1, 0.15) is 12.4 Å². The SMILES string of the molecule is COc1ccc(S(N)(=O)=O)cc1C(=O)NNC(=O)C1COc2ccccc2O1. The van der Waals surface area contributed by atoms with E-state index in [-0.39, 0.29) is 22.8 Å². The largest absolute Gasteiger partial charge is 0.496 e. The number of carbonyl (C=O) groups excluding carboxylic acids is 2. The van der Waals surface area contributed by atoms with Gasteiger partial charge >= 0.3 is 0 Å². The van der Waals surface area contributed by atoms with Crippen molar-refractivity contribution in [3.8, 4) is 17.2 Å². The topological polar surface area (TPSA) is 146 Å². The summed E-state index contributed by atoms with van der Waals surface area (Å²) in [6, 6.07) is 10.4. The van der Waals surface area contributed by atoms with E-state index in [9.17, 15) is 18.0 Å². The number of primary sulfonamides is 1. The van der Waals surface area contributed by atoms with Gasteiger partial charge in [0.15, 0.2) is 11.5 Å². The molecule has 10 nitrogen and oxygen atoms in total. The molecule has 0 fully saturated rings. The van der Waals surface area contributed by atoms with E-state index in [0.29, 0.717) is 11.5 Å². The summed E-state index contributed by atoms with van der Waals surface area (Å²) in [7, 11) is -2.71. The number of ether oxygens (including phenoxy) is 3. The van der Waals surface area contributed by atoms with E-state index in [1.165, 1.54) is 19.2 Å². The Balaban J connectivity index is 1.68. The van der Waals surface area contributed by atoms with Crippen LogP contribution in [0.25, 0.3) is 0 Å². The molecule has 0 saturated heterocycles. The summed E-state index contributed by atoms with van der Waals surface area (Å²) in [5.74, 6) is -0.426. The summed E-state index contributed by atoms with van der Waals surface area (Å²) >= 11 is 0. The van der Waals surface area contributed by atoms with Crippen LogP contribution in [-0.2, 0) is 14.8 Å². The maximum atomic E-state index is 12.4. The fourth-order valence-electron chi connectivity index (χ4n) is 2.46. The van der Waals surface area contributed by atoms with Gasteiger partial charge in [0.05, 0.1) is 17.6 Å². The van der Waals surface area contributed by atoms with Gasteiger partial charge in [-0.15, -0.1) is 0 Å². The van der Waals surface area contributed by atoms with E-state index in [4.69, 9.17) is 19.3 Å². The molecule has 2 aromatic rings. The molecule has 0 spiro atoms. The number of fused-ring (bicyclic) bond motifs is 1. The number of sulfonamides is 1. The summed E-state index contributed by atoms with van der Waals surface area (Å²) in [5.41, 5.74) is 4.27. The molecule has 4 N–H and O–H groups in total. The molecule has 3 rings (SSSR count). The molecular formula is C17H17N3O7S. The normalized spacial score (nSPS) is 15.4. The molecule has 1 unspecified atom stereocenters. The van der Waals surface area contributed by atoms with Gasteiger partial charge in [-0.25, -0.2) is 13.6 Å². The second-order valence-electron chi connectivity index (χ2n) is 5.71. The van der Waals surface area contributed by atoms with Crippen molar-refractivity contribution in [2.45, 2.75) is 11.0 Å². The first kappa shape index (κ1) is 19.5. The maximum absolute atomic E-state index is 12.4. The minimum absolute atomic E-state index is 0.0387. The molecule has 28 heavy (non-hydrogen) atoms. The molecule has 1 atom stereocenters. The van der Waals surface area contributed by atoms with Crippen LogP contribution < -0.4 is 30.2 Å². The summed E-state index contributed by atoms with van der Waals surface area (Å²) in [6.45, 7) is -0.0387. The highest BCUT2D eigenvalue weighted by Crippen LogP contribution is 2.30. The fraction of sp³-hybridized carbons (Fsp3) is 0.176. The number of hydrazine groups is 1. The van der Waals surface area contributed by atoms with Crippen LogP contribution in [-0.4, -0.2) is 40.1 Å². The second-order valence-corrected chi connectivity index (χ2v) is 7.28. The van der Waals surface area contributed by atoms with Crippen molar-refractivity contribution >= 4 is 21.8 Å². The highest BCUT2D eigenvalue weighted by Gasteiger charge is 2.28. The highest BCUT2D eigenvalue weighted by molar-refractivity contribution is 7.89. The van der Waals surface area contributed by atoms with Gasteiger partial charge in [-0.2, -0.15) is 0 Å². The minimum atomic E-state index is -4.02. The van der Waals surface area contributed by atoms with E-state index in [1.807, 2.05) is 0 Å². The van der Waals surface area contributed by atoms with E-state index < -0.39 is 27.9 Å². The standard InChI is InChI=1S/C17H17N3O7S/c1-25-12-7-6-10(28(18,23)24)8-11(12)16(21)19-20-17(22)15-9-26-13-4-2-3-5-14(13)27-15/h2-8,15H,9H2,1H3,(H,19,21)(H,20,22)(H2,18,23,24). The van der Waals surface area contributed by atoms with Crippen LogP contribution in [0.3, 0.4) is 0 Å². The van der Waals surface area contributed by atoms with Crippen molar-refractivity contribution in [2.75, 3.05) is 13.7 Å². The lowest BCUT2D eigenvalue weighted by atomic mass is 10.2. The Morgan fingerprint density at radius 1 is 1.14 bits per heavy atom. The van der Waals surface area contributed by atoms with Crippen molar-refractivity contribution in [1.82, 2.24) is 10.9 Å². The van der Waals surface area contributed by atoms with E-state index in [2.05, 4.69) is 10.9 Å². The molecule has 2 amide bonds. The molecule has 1 aliphatic rings. The summed E-state index contributed by atoms with van der Waals surface area (Å²) < 4.78 is 39.0. The van der Waals surface area contributed by atoms with Crippen LogP contribution in [0.1, 0.15) is 10.4 Å². The second kappa shape index (κ2) is 7.74. The van der Waals surface area contributed by atoms with Crippen molar-refractivity contribution in [2.24, 2.45) is 5.14 Å². The monoisotopic (exact) mass is 407 g/mol. The number of carbonyl (C=O) groups is 2. The zero-order valence-electron chi connectivity index (χ0n) is 14.7. The Hall–Kier alpha value is -3.31. The predicted octanol–water partition coefficient (Wildman–Crippen LogP) is -0.0564. The van der Waals surface area contributed by atoms with Gasteiger partial charge in [0.25, 0.3) is 11.8 Å². The Morgan fingerprint density at radius 3 is 2.54 bits per heavy atom. The minimum Gasteiger partial charge on any atom is -0.496 e. The number of hydrogen-bond acceptors (Lipinski definition) is 7. The summed E-state index contributed by atoms with van der Waals surface area (Å²) in [6.07, 6.45) is -0.979. The highest BCUT2D eigenvalue weighted by atomic mass is 32.2. The lowest BCUT2D eigenvalue weighted by molar-refractivity contribution is -0.131. The fourth-order valence-corrected chi connectivity index (χ4v) is 3.00. The zero-order chi connectivity index (χ0) is 20.3. The molecule has 0 saturated carbocycles. The summed E-state index contributed by atoms with van der Waals surface area (Å²) in [4.78, 5) is 24.3. The number of nitrogens with one attached hydrogen (secondary N) is 2. The first-order chi connectivity index (χ1) is 13.3. The van der Waals surface area contributed by atoms with Crippen LogP contribution >= 0.6 is 0 Å². The van der Waals surface area contributed by atoms with E-state index in [0.717, 1.165) is 6.07 Å². The Morgan fingerprint density at radius 2 is 1.86 bits per heavy atom. The smallest absolute Gasteiger partial charge is 0.283 e. The number of hydrogen-bond donors (Lipinski definition) is 3. The van der Waals surface area contributed by atoms with Gasteiger partial charge < -0.3 is 14.2 Å². The van der Waals surface area contributed by atoms with Gasteiger partial charge in [-0.3, -0.25) is 20.4 Å². The molecular weight excluding hydrogens is 390 g/mol. The Bertz CT molecular complexity index is 1020. The molecule has 11 heteroatoms. The van der Waals surface area contributed by atoms with Crippen molar-refractivity contribution < 1.29 is 32.2 Å². The van der Waals surface area contributed by atoms with E-state index in [1.54, 1.807) is 24.3 Å². The molecule has 0 aliphatic carbocycles. The molecule has 148 valence electrons. The van der Waals surface area contributed by atoms with E-state index >= 15 is 0 Å². The Labute approximate surface area is 160 Å². The Kier molecular flexibility index (Phi) is 5.38. The van der Waals surface area contributed by atoms with Crippen LogP contribution in [0, 0.1) is 0 Å². The maximum Gasteiger partial charge on any atom is 0.283 e. The number of para-hydroxylation sites is 2. The number of amides is 2. The van der Waals surface area contributed by atoms with Crippen LogP contribution in [0.15, 0.2) is 47.4 Å². The van der Waals surface area contributed by atoms with Gasteiger partial charge in [-0.05, 0) is 30.3 Å². The molecule has 0 radical (unpaired) electrons. The van der Waals surface area contributed by atoms with Crippen molar-refractivity contribution in [1.29, 1.82) is 0 Å².